The topological polar surface area (TPSA) is 68.5 Å². The fourth-order valence-corrected chi connectivity index (χ4v) is 3.22. The van der Waals surface area contributed by atoms with Gasteiger partial charge in [-0.05, 0) is 50.1 Å². The molecule has 0 radical (unpaired) electrons. The van der Waals surface area contributed by atoms with Gasteiger partial charge in [0.2, 0.25) is 0 Å². The number of halogens is 2. The number of hydrogen-bond acceptors (Lipinski definition) is 4. The minimum Gasteiger partial charge on any atom is -0.505 e. The number of esters is 1. The Morgan fingerprint density at radius 2 is 1.93 bits per heavy atom. The maximum atomic E-state index is 14.1. The molecule has 3 rings (SSSR count). The maximum absolute atomic E-state index is 14.1. The molecule has 29 heavy (non-hydrogen) atoms. The third kappa shape index (κ3) is 3.99. The van der Waals surface area contributed by atoms with Crippen LogP contribution >= 0.6 is 0 Å². The number of carbonyl (C=O) groups is 2. The summed E-state index contributed by atoms with van der Waals surface area (Å²) in [6.07, 6.45) is 0.230. The Hall–Kier alpha value is -3.22. The summed E-state index contributed by atoms with van der Waals surface area (Å²) in [7, 11) is 0. The van der Waals surface area contributed by atoms with Crippen LogP contribution in [0.15, 0.2) is 36.4 Å². The summed E-state index contributed by atoms with van der Waals surface area (Å²) in [5.74, 6) is -3.14. The number of phenols is 1. The van der Waals surface area contributed by atoms with Gasteiger partial charge in [-0.15, -0.1) is 0 Å². The summed E-state index contributed by atoms with van der Waals surface area (Å²) in [6, 6.07) is 7.36. The maximum Gasteiger partial charge on any atom is 0.310 e. The number of carbonyl (C=O) groups excluding carboxylic acids is 2. The van der Waals surface area contributed by atoms with Crippen LogP contribution in [-0.4, -0.2) is 27.7 Å². The second-order valence-corrected chi connectivity index (χ2v) is 6.92. The minimum absolute atomic E-state index is 0.0761. The van der Waals surface area contributed by atoms with Gasteiger partial charge in [-0.2, -0.15) is 0 Å². The summed E-state index contributed by atoms with van der Waals surface area (Å²) in [6.45, 7) is 5.26. The zero-order valence-corrected chi connectivity index (χ0v) is 16.3. The summed E-state index contributed by atoms with van der Waals surface area (Å²) in [5.41, 5.74) is 1.08. The first-order valence-corrected chi connectivity index (χ1v) is 9.25. The van der Waals surface area contributed by atoms with Gasteiger partial charge in [0.1, 0.15) is 5.82 Å². The van der Waals surface area contributed by atoms with Crippen molar-refractivity contribution < 1.29 is 28.2 Å². The number of rotatable bonds is 5. The highest BCUT2D eigenvalue weighted by Crippen LogP contribution is 2.32. The van der Waals surface area contributed by atoms with Gasteiger partial charge in [0.05, 0.1) is 18.0 Å². The smallest absolute Gasteiger partial charge is 0.310 e. The van der Waals surface area contributed by atoms with E-state index >= 15 is 0 Å². The lowest BCUT2D eigenvalue weighted by Gasteiger charge is -2.11. The SMILES string of the molecule is CCC(C)OC(=O)Cc1c(C)n(C(=O)c2cccc(F)c2)c2cc(F)c(O)cc12. The third-order valence-electron chi connectivity index (χ3n) is 4.91. The minimum atomic E-state index is -0.906. The number of phenolic OH excluding ortho intramolecular Hbond substituents is 1. The molecule has 2 aromatic carbocycles. The Balaban J connectivity index is 2.15. The predicted molar refractivity (Wildman–Crippen MR) is 104 cm³/mol. The molecule has 0 amide bonds. The van der Waals surface area contributed by atoms with Gasteiger partial charge in [-0.3, -0.25) is 14.2 Å². The van der Waals surface area contributed by atoms with Gasteiger partial charge in [-0.25, -0.2) is 8.78 Å². The van der Waals surface area contributed by atoms with Gasteiger partial charge in [0.25, 0.3) is 5.91 Å². The zero-order valence-electron chi connectivity index (χ0n) is 16.3. The second-order valence-electron chi connectivity index (χ2n) is 6.92. The molecule has 1 heterocycles. The molecule has 0 aliphatic heterocycles. The van der Waals surface area contributed by atoms with Crippen LogP contribution in [0.5, 0.6) is 5.75 Å². The lowest BCUT2D eigenvalue weighted by molar-refractivity contribution is -0.147. The summed E-state index contributed by atoms with van der Waals surface area (Å²) >= 11 is 0. The second kappa shape index (κ2) is 8.03. The Morgan fingerprint density at radius 3 is 2.59 bits per heavy atom. The van der Waals surface area contributed by atoms with Crippen LogP contribution in [0.3, 0.4) is 0 Å². The van der Waals surface area contributed by atoms with Crippen molar-refractivity contribution in [2.45, 2.75) is 39.7 Å². The number of aromatic nitrogens is 1. The Kier molecular flexibility index (Phi) is 5.68. The van der Waals surface area contributed by atoms with E-state index in [9.17, 15) is 23.5 Å². The highest BCUT2D eigenvalue weighted by molar-refractivity contribution is 6.05. The van der Waals surface area contributed by atoms with E-state index < -0.39 is 29.3 Å². The lowest BCUT2D eigenvalue weighted by Crippen LogP contribution is -2.17. The highest BCUT2D eigenvalue weighted by atomic mass is 19.1. The standard InChI is InChI=1S/C22H21F2NO4/c1-4-12(2)29-21(27)10-16-13(3)25(19-11-18(24)20(26)9-17(16)19)22(28)14-6-5-7-15(23)8-14/h5-9,11-12,26H,4,10H2,1-3H3. The number of benzene rings is 2. The molecule has 5 nitrogen and oxygen atoms in total. The van der Waals surface area contributed by atoms with E-state index in [1.807, 2.05) is 6.92 Å². The summed E-state index contributed by atoms with van der Waals surface area (Å²) < 4.78 is 34.2. The van der Waals surface area contributed by atoms with Crippen molar-refractivity contribution in [3.8, 4) is 5.75 Å². The van der Waals surface area contributed by atoms with Crippen LogP contribution in [0, 0.1) is 18.6 Å². The monoisotopic (exact) mass is 401 g/mol. The Morgan fingerprint density at radius 1 is 1.21 bits per heavy atom. The molecular formula is C22H21F2NO4. The first kappa shape index (κ1) is 20.5. The van der Waals surface area contributed by atoms with E-state index in [-0.39, 0.29) is 23.6 Å². The third-order valence-corrected chi connectivity index (χ3v) is 4.91. The molecule has 0 spiro atoms. The summed E-state index contributed by atoms with van der Waals surface area (Å²) in [5, 5.41) is 10.2. The van der Waals surface area contributed by atoms with Crippen LogP contribution < -0.4 is 0 Å². The molecule has 152 valence electrons. The number of ether oxygens (including phenoxy) is 1. The van der Waals surface area contributed by atoms with Crippen LogP contribution in [0.25, 0.3) is 10.9 Å². The lowest BCUT2D eigenvalue weighted by atomic mass is 10.1. The molecule has 1 N–H and O–H groups in total. The van der Waals surface area contributed by atoms with Gasteiger partial charge >= 0.3 is 5.97 Å². The fourth-order valence-electron chi connectivity index (χ4n) is 3.22. The van der Waals surface area contributed by atoms with E-state index in [1.165, 1.54) is 28.8 Å². The molecule has 0 fully saturated rings. The predicted octanol–water partition coefficient (Wildman–Crippen LogP) is 4.51. The number of hydrogen-bond donors (Lipinski definition) is 1. The first-order valence-electron chi connectivity index (χ1n) is 9.25. The average Bonchev–Trinajstić information content (AvgIpc) is 2.92. The molecule has 7 heteroatoms. The largest absolute Gasteiger partial charge is 0.505 e. The Bertz CT molecular complexity index is 1100. The van der Waals surface area contributed by atoms with E-state index in [0.29, 0.717) is 23.1 Å². The van der Waals surface area contributed by atoms with Crippen molar-refractivity contribution in [1.29, 1.82) is 0 Å². The van der Waals surface area contributed by atoms with Gasteiger partial charge in [0.15, 0.2) is 11.6 Å². The Labute approximate surface area is 166 Å². The molecule has 3 aromatic rings. The van der Waals surface area contributed by atoms with Crippen molar-refractivity contribution in [1.82, 2.24) is 4.57 Å². The first-order chi connectivity index (χ1) is 13.7. The number of nitrogens with zero attached hydrogens (tertiary/aromatic N) is 1. The van der Waals surface area contributed by atoms with Crippen LogP contribution in [-0.2, 0) is 16.0 Å². The highest BCUT2D eigenvalue weighted by Gasteiger charge is 2.24. The van der Waals surface area contributed by atoms with Crippen LogP contribution in [0.1, 0.15) is 41.9 Å². The van der Waals surface area contributed by atoms with Crippen molar-refractivity contribution in [2.75, 3.05) is 0 Å². The molecule has 1 unspecified atom stereocenters. The fraction of sp³-hybridized carbons (Fsp3) is 0.273. The molecule has 1 atom stereocenters. The van der Waals surface area contributed by atoms with Crippen LogP contribution in [0.4, 0.5) is 8.78 Å². The van der Waals surface area contributed by atoms with Gasteiger partial charge in [-0.1, -0.05) is 13.0 Å². The molecule has 0 aliphatic carbocycles. The zero-order chi connectivity index (χ0) is 21.3. The summed E-state index contributed by atoms with van der Waals surface area (Å²) in [4.78, 5) is 25.4. The normalized spacial score (nSPS) is 12.2. The number of aromatic hydroxyl groups is 1. The van der Waals surface area contributed by atoms with E-state index in [0.717, 1.165) is 12.1 Å². The molecular weight excluding hydrogens is 380 g/mol. The van der Waals surface area contributed by atoms with Crippen molar-refractivity contribution in [3.63, 3.8) is 0 Å². The van der Waals surface area contributed by atoms with Crippen LogP contribution in [0.2, 0.25) is 0 Å². The van der Waals surface area contributed by atoms with Crippen molar-refractivity contribution >= 4 is 22.8 Å². The molecule has 0 saturated carbocycles. The number of fused-ring (bicyclic) bond motifs is 1. The van der Waals surface area contributed by atoms with Gasteiger partial charge < -0.3 is 9.84 Å². The van der Waals surface area contributed by atoms with Gasteiger partial charge in [0, 0.05) is 22.7 Å². The van der Waals surface area contributed by atoms with Crippen molar-refractivity contribution in [3.05, 3.63) is 64.9 Å². The molecule has 1 aromatic heterocycles. The van der Waals surface area contributed by atoms with Crippen molar-refractivity contribution in [2.24, 2.45) is 0 Å². The van der Waals surface area contributed by atoms with E-state index in [2.05, 4.69) is 0 Å². The molecule has 0 saturated heterocycles. The van der Waals surface area contributed by atoms with E-state index in [1.54, 1.807) is 13.8 Å². The average molecular weight is 401 g/mol. The molecule has 0 aliphatic rings. The quantitative estimate of drug-likeness (QED) is 0.639. The molecule has 0 bridgehead atoms. The van der Waals surface area contributed by atoms with E-state index in [4.69, 9.17) is 4.74 Å².